The van der Waals surface area contributed by atoms with Gasteiger partial charge in [-0.1, -0.05) is 38.9 Å². The van der Waals surface area contributed by atoms with Crippen molar-refractivity contribution in [1.29, 1.82) is 0 Å². The zero-order valence-corrected chi connectivity index (χ0v) is 15.2. The molecule has 112 valence electrons. The predicted octanol–water partition coefficient (Wildman–Crippen LogP) is 5.44. The molecule has 22 heavy (non-hydrogen) atoms. The number of thioether (sulfide) groups is 1. The molecule has 0 aliphatic heterocycles. The summed E-state index contributed by atoms with van der Waals surface area (Å²) in [5, 5.41) is 4.15. The zero-order valence-electron chi connectivity index (χ0n) is 11.2. The molecule has 1 amide bonds. The topological polar surface area (TPSA) is 42.0 Å². The molecule has 3 aromatic rings. The molecule has 3 rings (SSSR count). The van der Waals surface area contributed by atoms with E-state index in [0.717, 1.165) is 19.6 Å². The van der Waals surface area contributed by atoms with Gasteiger partial charge in [0.15, 0.2) is 5.13 Å². The van der Waals surface area contributed by atoms with Crippen molar-refractivity contribution in [2.45, 2.75) is 4.90 Å². The van der Waals surface area contributed by atoms with Gasteiger partial charge in [-0.2, -0.15) is 0 Å². The fraction of sp³-hybridized carbons (Fsp3) is 0.0667. The Hall–Kier alpha value is -1.08. The molecule has 2 aromatic carbocycles. The highest BCUT2D eigenvalue weighted by atomic mass is 79.9. The highest BCUT2D eigenvalue weighted by molar-refractivity contribution is 9.10. The van der Waals surface area contributed by atoms with Crippen molar-refractivity contribution >= 4 is 71.9 Å². The number of thiazole rings is 1. The van der Waals surface area contributed by atoms with E-state index in [1.165, 1.54) is 23.1 Å². The van der Waals surface area contributed by atoms with Gasteiger partial charge in [-0.25, -0.2) is 4.98 Å². The van der Waals surface area contributed by atoms with Gasteiger partial charge >= 0.3 is 0 Å². The van der Waals surface area contributed by atoms with E-state index in [1.807, 2.05) is 42.5 Å². The summed E-state index contributed by atoms with van der Waals surface area (Å²) in [5.74, 6) is 0.263. The number of carbonyl (C=O) groups excluding carboxylic acids is 1. The van der Waals surface area contributed by atoms with Gasteiger partial charge in [0.1, 0.15) is 0 Å². The molecule has 0 bridgehead atoms. The van der Waals surface area contributed by atoms with Crippen LogP contribution in [0.1, 0.15) is 0 Å². The molecule has 0 saturated heterocycles. The molecule has 0 unspecified atom stereocenters. The van der Waals surface area contributed by atoms with Crippen LogP contribution >= 0.6 is 50.6 Å². The van der Waals surface area contributed by atoms with Crippen molar-refractivity contribution in [3.8, 4) is 0 Å². The molecule has 1 N–H and O–H groups in total. The fourth-order valence-electron chi connectivity index (χ4n) is 1.79. The van der Waals surface area contributed by atoms with Crippen LogP contribution in [-0.2, 0) is 4.79 Å². The number of nitrogens with one attached hydrogen (secondary N) is 1. The van der Waals surface area contributed by atoms with Crippen LogP contribution in [0.15, 0.2) is 51.8 Å². The zero-order chi connectivity index (χ0) is 15.5. The minimum absolute atomic E-state index is 0.0712. The monoisotopic (exact) mass is 412 g/mol. The van der Waals surface area contributed by atoms with Crippen LogP contribution < -0.4 is 5.32 Å². The molecule has 0 aliphatic rings. The number of aromatic nitrogens is 1. The number of fused-ring (bicyclic) bond motifs is 1. The summed E-state index contributed by atoms with van der Waals surface area (Å²) in [6, 6.07) is 13.3. The highest BCUT2D eigenvalue weighted by Crippen LogP contribution is 2.28. The number of hydrogen-bond acceptors (Lipinski definition) is 4. The summed E-state index contributed by atoms with van der Waals surface area (Å²) in [7, 11) is 0. The molecule has 0 radical (unpaired) electrons. The Morgan fingerprint density at radius 2 is 2.05 bits per heavy atom. The Kier molecular flexibility index (Phi) is 5.03. The second-order valence-corrected chi connectivity index (χ2v) is 7.85. The van der Waals surface area contributed by atoms with Gasteiger partial charge in [0.25, 0.3) is 0 Å². The average molecular weight is 414 g/mol. The second kappa shape index (κ2) is 7.00. The van der Waals surface area contributed by atoms with Crippen LogP contribution in [0.25, 0.3) is 10.2 Å². The Morgan fingerprint density at radius 1 is 1.27 bits per heavy atom. The molecule has 0 spiro atoms. The van der Waals surface area contributed by atoms with Crippen molar-refractivity contribution in [2.24, 2.45) is 0 Å². The number of amides is 1. The van der Waals surface area contributed by atoms with Crippen molar-refractivity contribution in [3.63, 3.8) is 0 Å². The first-order valence-electron chi connectivity index (χ1n) is 6.34. The number of nitrogens with zero attached hydrogens (tertiary/aromatic N) is 1. The van der Waals surface area contributed by atoms with E-state index in [2.05, 4.69) is 26.2 Å². The minimum atomic E-state index is -0.0712. The number of carbonyl (C=O) groups is 1. The number of hydrogen-bond donors (Lipinski definition) is 1. The summed E-state index contributed by atoms with van der Waals surface area (Å²) < 4.78 is 2.04. The summed E-state index contributed by atoms with van der Waals surface area (Å²) in [6.45, 7) is 0. The van der Waals surface area contributed by atoms with Crippen molar-refractivity contribution in [1.82, 2.24) is 4.98 Å². The largest absolute Gasteiger partial charge is 0.301 e. The average Bonchev–Trinajstić information content (AvgIpc) is 2.88. The van der Waals surface area contributed by atoms with Crippen LogP contribution in [-0.4, -0.2) is 16.6 Å². The fourth-order valence-corrected chi connectivity index (χ4v) is 4.05. The molecule has 0 saturated carbocycles. The van der Waals surface area contributed by atoms with Crippen molar-refractivity contribution < 1.29 is 4.79 Å². The summed E-state index contributed by atoms with van der Waals surface area (Å²) in [4.78, 5) is 17.4. The summed E-state index contributed by atoms with van der Waals surface area (Å²) in [6.07, 6.45) is 0. The third-order valence-electron chi connectivity index (χ3n) is 2.78. The van der Waals surface area contributed by atoms with Gasteiger partial charge in [-0.3, -0.25) is 4.79 Å². The maximum Gasteiger partial charge on any atom is 0.236 e. The first-order chi connectivity index (χ1) is 10.6. The molecule has 3 nitrogen and oxygen atoms in total. The van der Waals surface area contributed by atoms with Gasteiger partial charge in [0.2, 0.25) is 5.91 Å². The van der Waals surface area contributed by atoms with E-state index < -0.39 is 0 Å². The van der Waals surface area contributed by atoms with E-state index in [4.69, 9.17) is 11.6 Å². The molecular weight excluding hydrogens is 404 g/mol. The van der Waals surface area contributed by atoms with Crippen molar-refractivity contribution in [3.05, 3.63) is 52.0 Å². The standard InChI is InChI=1S/C15H10BrClN2OS2/c16-9-1-6-12-13(7-9)22-15(18-12)19-14(20)8-21-11-4-2-10(17)3-5-11/h1-7H,8H2,(H,18,19,20). The van der Waals surface area contributed by atoms with E-state index in [1.54, 1.807) is 0 Å². The second-order valence-electron chi connectivity index (χ2n) is 4.42. The van der Waals surface area contributed by atoms with Gasteiger partial charge in [0, 0.05) is 14.4 Å². The lowest BCUT2D eigenvalue weighted by atomic mass is 10.3. The van der Waals surface area contributed by atoms with Crippen LogP contribution in [0.5, 0.6) is 0 Å². The number of anilines is 1. The number of halogens is 2. The Labute approximate surface area is 149 Å². The Bertz CT molecular complexity index is 820. The predicted molar refractivity (Wildman–Crippen MR) is 98.1 cm³/mol. The van der Waals surface area contributed by atoms with E-state index in [0.29, 0.717) is 15.9 Å². The van der Waals surface area contributed by atoms with Crippen molar-refractivity contribution in [2.75, 3.05) is 11.1 Å². The Balaban J connectivity index is 1.61. The van der Waals surface area contributed by atoms with E-state index in [9.17, 15) is 4.79 Å². The molecule has 0 atom stereocenters. The third-order valence-corrected chi connectivity index (χ3v) is 5.47. The molecular formula is C15H10BrClN2OS2. The smallest absolute Gasteiger partial charge is 0.236 e. The van der Waals surface area contributed by atoms with Crippen LogP contribution in [0.2, 0.25) is 5.02 Å². The molecule has 1 aromatic heterocycles. The molecule has 0 aliphatic carbocycles. The van der Waals surface area contributed by atoms with Gasteiger partial charge in [-0.05, 0) is 42.5 Å². The first-order valence-corrected chi connectivity index (χ1v) is 9.32. The van der Waals surface area contributed by atoms with Crippen LogP contribution in [0, 0.1) is 0 Å². The Morgan fingerprint density at radius 3 is 2.82 bits per heavy atom. The van der Waals surface area contributed by atoms with Gasteiger partial charge in [-0.15, -0.1) is 11.8 Å². The lowest BCUT2D eigenvalue weighted by Gasteiger charge is -2.02. The molecule has 1 heterocycles. The lowest BCUT2D eigenvalue weighted by molar-refractivity contribution is -0.113. The first kappa shape index (κ1) is 15.8. The lowest BCUT2D eigenvalue weighted by Crippen LogP contribution is -2.13. The highest BCUT2D eigenvalue weighted by Gasteiger charge is 2.08. The quantitative estimate of drug-likeness (QED) is 0.579. The minimum Gasteiger partial charge on any atom is -0.301 e. The summed E-state index contributed by atoms with van der Waals surface area (Å²) in [5.41, 5.74) is 0.883. The van der Waals surface area contributed by atoms with Crippen LogP contribution in [0.3, 0.4) is 0 Å². The SMILES string of the molecule is O=C(CSc1ccc(Cl)cc1)Nc1nc2ccc(Br)cc2s1. The van der Waals surface area contributed by atoms with E-state index in [-0.39, 0.29) is 5.91 Å². The normalized spacial score (nSPS) is 10.8. The molecule has 7 heteroatoms. The molecule has 0 fully saturated rings. The van der Waals surface area contributed by atoms with E-state index >= 15 is 0 Å². The maximum atomic E-state index is 12.0. The van der Waals surface area contributed by atoms with Gasteiger partial charge < -0.3 is 5.32 Å². The summed E-state index contributed by atoms with van der Waals surface area (Å²) >= 11 is 12.2. The van der Waals surface area contributed by atoms with Crippen LogP contribution in [0.4, 0.5) is 5.13 Å². The maximum absolute atomic E-state index is 12.0. The number of rotatable bonds is 4. The number of benzene rings is 2. The third kappa shape index (κ3) is 4.01. The van der Waals surface area contributed by atoms with Gasteiger partial charge in [0.05, 0.1) is 16.0 Å².